The molecule has 0 fully saturated rings. The second-order valence-electron chi connectivity index (χ2n) is 5.93. The highest BCUT2D eigenvalue weighted by molar-refractivity contribution is 5.90. The van der Waals surface area contributed by atoms with Crippen LogP contribution in [-0.2, 0) is 0 Å². The molecule has 6 nitrogen and oxygen atoms in total. The van der Waals surface area contributed by atoms with Gasteiger partial charge in [0.2, 0.25) is 0 Å². The summed E-state index contributed by atoms with van der Waals surface area (Å²) >= 11 is 0. The average Bonchev–Trinajstić information content (AvgIpc) is 2.94. The van der Waals surface area contributed by atoms with Crippen LogP contribution in [0.5, 0.6) is 0 Å². The highest BCUT2D eigenvalue weighted by Crippen LogP contribution is 2.23. The quantitative estimate of drug-likeness (QED) is 0.590. The van der Waals surface area contributed by atoms with Crippen LogP contribution in [0.4, 0.5) is 17.3 Å². The Morgan fingerprint density at radius 1 is 0.920 bits per heavy atom. The highest BCUT2D eigenvalue weighted by Gasteiger charge is 2.09. The number of para-hydroxylation sites is 1. The van der Waals surface area contributed by atoms with Gasteiger partial charge in [-0.3, -0.25) is 5.43 Å². The summed E-state index contributed by atoms with van der Waals surface area (Å²) in [5.41, 5.74) is 7.26. The van der Waals surface area contributed by atoms with Crippen molar-refractivity contribution in [1.29, 1.82) is 0 Å². The Morgan fingerprint density at radius 3 is 2.68 bits per heavy atom. The first kappa shape index (κ1) is 15.1. The molecule has 0 aliphatic rings. The lowest BCUT2D eigenvalue weighted by molar-refractivity contribution is 0.798. The maximum atomic E-state index is 4.51. The van der Waals surface area contributed by atoms with E-state index in [1.165, 1.54) is 5.56 Å². The van der Waals surface area contributed by atoms with Crippen LogP contribution in [0.3, 0.4) is 0 Å². The van der Waals surface area contributed by atoms with Crippen LogP contribution in [0.15, 0.2) is 60.9 Å². The minimum atomic E-state index is 0.748. The predicted molar refractivity (Wildman–Crippen MR) is 100.0 cm³/mol. The van der Waals surface area contributed by atoms with Crippen LogP contribution >= 0.6 is 0 Å². The first-order chi connectivity index (χ1) is 12.2. The fourth-order valence-corrected chi connectivity index (χ4v) is 2.74. The van der Waals surface area contributed by atoms with Crippen LogP contribution in [0.1, 0.15) is 11.3 Å². The molecule has 0 aliphatic heterocycles. The molecule has 2 aromatic carbocycles. The number of rotatable bonds is 4. The summed E-state index contributed by atoms with van der Waals surface area (Å²) in [6, 6.07) is 18.0. The lowest BCUT2D eigenvalue weighted by atomic mass is 10.2. The molecule has 4 aromatic rings. The molecule has 4 rings (SSSR count). The Morgan fingerprint density at radius 2 is 1.80 bits per heavy atom. The van der Waals surface area contributed by atoms with Gasteiger partial charge in [0.1, 0.15) is 12.1 Å². The summed E-state index contributed by atoms with van der Waals surface area (Å²) in [6.45, 7) is 4.02. The smallest absolute Gasteiger partial charge is 0.153 e. The van der Waals surface area contributed by atoms with Gasteiger partial charge in [-0.2, -0.15) is 9.89 Å². The third-order valence-corrected chi connectivity index (χ3v) is 3.87. The van der Waals surface area contributed by atoms with Gasteiger partial charge in [-0.05, 0) is 43.7 Å². The molecular formula is C19H18N6. The maximum absolute atomic E-state index is 4.51. The van der Waals surface area contributed by atoms with Crippen molar-refractivity contribution in [1.82, 2.24) is 19.9 Å². The zero-order valence-electron chi connectivity index (χ0n) is 14.1. The Kier molecular flexibility index (Phi) is 3.78. The fourth-order valence-electron chi connectivity index (χ4n) is 2.74. The number of nitrogens with zero attached hydrogens (tertiary/aromatic N) is 4. The number of benzene rings is 2. The van der Waals surface area contributed by atoms with Crippen molar-refractivity contribution in [2.24, 2.45) is 0 Å². The largest absolute Gasteiger partial charge is 0.323 e. The summed E-state index contributed by atoms with van der Waals surface area (Å²) < 4.78 is 0. The first-order valence-electron chi connectivity index (χ1n) is 8.06. The molecule has 0 amide bonds. The molecule has 0 aliphatic carbocycles. The van der Waals surface area contributed by atoms with Gasteiger partial charge in [0.05, 0.1) is 16.9 Å². The van der Waals surface area contributed by atoms with Gasteiger partial charge >= 0.3 is 0 Å². The molecule has 2 heterocycles. The predicted octanol–water partition coefficient (Wildman–Crippen LogP) is 4.06. The van der Waals surface area contributed by atoms with E-state index in [0.29, 0.717) is 0 Å². The lowest BCUT2D eigenvalue weighted by Crippen LogP contribution is -2.14. The number of fused-ring (bicyclic) bond motifs is 1. The molecule has 6 heteroatoms. The van der Waals surface area contributed by atoms with Gasteiger partial charge in [0, 0.05) is 11.5 Å². The van der Waals surface area contributed by atoms with Crippen molar-refractivity contribution in [3.8, 4) is 0 Å². The number of nitrogens with one attached hydrogen (secondary N) is 2. The van der Waals surface area contributed by atoms with Crippen LogP contribution in [0, 0.1) is 13.8 Å². The molecule has 2 N–H and O–H groups in total. The highest BCUT2D eigenvalue weighted by atomic mass is 15.6. The average molecular weight is 330 g/mol. The van der Waals surface area contributed by atoms with Gasteiger partial charge in [0.25, 0.3) is 0 Å². The van der Waals surface area contributed by atoms with E-state index in [1.807, 2.05) is 49.4 Å². The van der Waals surface area contributed by atoms with Crippen molar-refractivity contribution in [2.45, 2.75) is 13.8 Å². The molecule has 0 saturated heterocycles. The molecular weight excluding hydrogens is 312 g/mol. The zero-order valence-corrected chi connectivity index (χ0v) is 14.1. The van der Waals surface area contributed by atoms with Gasteiger partial charge in [-0.25, -0.2) is 9.97 Å². The summed E-state index contributed by atoms with van der Waals surface area (Å²) in [7, 11) is 0. The molecule has 0 unspecified atom stereocenters. The normalized spacial score (nSPS) is 10.8. The summed E-state index contributed by atoms with van der Waals surface area (Å²) in [4.78, 5) is 10.4. The minimum Gasteiger partial charge on any atom is -0.323 e. The third-order valence-electron chi connectivity index (χ3n) is 3.87. The van der Waals surface area contributed by atoms with Crippen molar-refractivity contribution in [3.05, 3.63) is 72.2 Å². The van der Waals surface area contributed by atoms with E-state index in [2.05, 4.69) is 44.9 Å². The van der Waals surface area contributed by atoms with Gasteiger partial charge in [-0.15, -0.1) is 0 Å². The summed E-state index contributed by atoms with van der Waals surface area (Å²) in [5.74, 6) is 1.56. The molecule has 0 radical (unpaired) electrons. The molecule has 25 heavy (non-hydrogen) atoms. The van der Waals surface area contributed by atoms with E-state index < -0.39 is 0 Å². The third kappa shape index (κ3) is 3.14. The maximum Gasteiger partial charge on any atom is 0.153 e. The van der Waals surface area contributed by atoms with E-state index >= 15 is 0 Å². The number of anilines is 3. The van der Waals surface area contributed by atoms with Crippen molar-refractivity contribution in [2.75, 3.05) is 10.7 Å². The van der Waals surface area contributed by atoms with E-state index in [4.69, 9.17) is 0 Å². The van der Waals surface area contributed by atoms with Gasteiger partial charge in [0.15, 0.2) is 5.82 Å². The number of hydrogen-bond acceptors (Lipinski definition) is 5. The number of hydrogen-bond donors (Lipinski definition) is 2. The Bertz CT molecular complexity index is 1030. The van der Waals surface area contributed by atoms with Gasteiger partial charge in [-0.1, -0.05) is 24.3 Å². The molecule has 0 atom stereocenters. The number of aromatic nitrogens is 4. The zero-order chi connectivity index (χ0) is 17.2. The van der Waals surface area contributed by atoms with E-state index in [-0.39, 0.29) is 0 Å². The topological polar surface area (TPSA) is 67.7 Å². The Hall–Kier alpha value is -3.41. The monoisotopic (exact) mass is 330 g/mol. The molecule has 0 saturated carbocycles. The number of aryl methyl sites for hydroxylation is 2. The van der Waals surface area contributed by atoms with E-state index in [1.54, 1.807) is 11.1 Å². The van der Waals surface area contributed by atoms with Crippen LogP contribution < -0.4 is 10.7 Å². The second-order valence-corrected chi connectivity index (χ2v) is 5.93. The lowest BCUT2D eigenvalue weighted by Gasteiger charge is -2.12. The Labute approximate surface area is 145 Å². The Balaban J connectivity index is 1.69. The molecule has 124 valence electrons. The second kappa shape index (κ2) is 6.24. The van der Waals surface area contributed by atoms with Crippen LogP contribution in [0.25, 0.3) is 10.9 Å². The molecule has 0 spiro atoms. The van der Waals surface area contributed by atoms with E-state index in [0.717, 1.165) is 33.9 Å². The van der Waals surface area contributed by atoms with Gasteiger partial charge < -0.3 is 5.32 Å². The van der Waals surface area contributed by atoms with Crippen molar-refractivity contribution >= 4 is 28.2 Å². The minimum absolute atomic E-state index is 0.748. The van der Waals surface area contributed by atoms with Crippen molar-refractivity contribution < 1.29 is 0 Å². The fraction of sp³-hybridized carbons (Fsp3) is 0.105. The SMILES string of the molecule is Cc1cccc(Nn2nc(C)cc2Nc2ncnc3ccccc23)c1. The van der Waals surface area contributed by atoms with Crippen molar-refractivity contribution in [3.63, 3.8) is 0 Å². The summed E-state index contributed by atoms with van der Waals surface area (Å²) in [6.07, 6.45) is 1.56. The van der Waals surface area contributed by atoms with E-state index in [9.17, 15) is 0 Å². The molecule has 0 bridgehead atoms. The summed E-state index contributed by atoms with van der Waals surface area (Å²) in [5, 5.41) is 8.83. The first-order valence-corrected chi connectivity index (χ1v) is 8.06. The van der Waals surface area contributed by atoms with Crippen LogP contribution in [0.2, 0.25) is 0 Å². The molecule has 2 aromatic heterocycles. The van der Waals surface area contributed by atoms with Crippen LogP contribution in [-0.4, -0.2) is 19.9 Å². The standard InChI is InChI=1S/C19H18N6/c1-13-6-5-7-15(10-13)24-25-18(11-14(2)23-25)22-19-16-8-3-4-9-17(16)20-12-21-19/h3-12,24H,1-2H3,(H,20,21,22).